The molecule has 0 atom stereocenters. The summed E-state index contributed by atoms with van der Waals surface area (Å²) in [7, 11) is 3.05. The van der Waals surface area contributed by atoms with E-state index in [0.717, 1.165) is 6.20 Å². The molecular formula is C19H16F3N5O2. The van der Waals surface area contributed by atoms with E-state index in [1.54, 1.807) is 37.4 Å². The van der Waals surface area contributed by atoms with Crippen LogP contribution in [0.4, 0.5) is 42.0 Å². The van der Waals surface area contributed by atoms with Gasteiger partial charge in [-0.15, -0.1) is 0 Å². The number of nitro groups is 1. The van der Waals surface area contributed by atoms with E-state index in [4.69, 9.17) is 0 Å². The van der Waals surface area contributed by atoms with Crippen molar-refractivity contribution in [3.8, 4) is 0 Å². The first-order valence-electron chi connectivity index (χ1n) is 8.39. The first kappa shape index (κ1) is 20.1. The van der Waals surface area contributed by atoms with E-state index in [-0.39, 0.29) is 17.5 Å². The van der Waals surface area contributed by atoms with E-state index in [0.29, 0.717) is 11.4 Å². The maximum Gasteiger partial charge on any atom is 0.421 e. The van der Waals surface area contributed by atoms with Crippen LogP contribution in [0.25, 0.3) is 0 Å². The molecule has 3 aromatic rings. The quantitative estimate of drug-likeness (QED) is 0.444. The lowest BCUT2D eigenvalue weighted by molar-refractivity contribution is -0.384. The predicted molar refractivity (Wildman–Crippen MR) is 103 cm³/mol. The van der Waals surface area contributed by atoms with Crippen molar-refractivity contribution in [2.45, 2.75) is 6.18 Å². The molecule has 1 aromatic heterocycles. The van der Waals surface area contributed by atoms with Crippen LogP contribution in [0.3, 0.4) is 0 Å². The smallest absolute Gasteiger partial charge is 0.329 e. The highest BCUT2D eigenvalue weighted by Crippen LogP contribution is 2.38. The molecule has 1 heterocycles. The fourth-order valence-corrected chi connectivity index (χ4v) is 2.67. The summed E-state index contributed by atoms with van der Waals surface area (Å²) in [6, 6.07) is 14.1. The van der Waals surface area contributed by atoms with Gasteiger partial charge in [-0.3, -0.25) is 10.1 Å². The predicted octanol–water partition coefficient (Wildman–Crippen LogP) is 4.94. The lowest BCUT2D eigenvalue weighted by Gasteiger charge is -2.24. The summed E-state index contributed by atoms with van der Waals surface area (Å²) in [4.78, 5) is 21.0. The van der Waals surface area contributed by atoms with Crippen LogP contribution < -0.4 is 9.80 Å². The highest BCUT2D eigenvalue weighted by atomic mass is 19.4. The summed E-state index contributed by atoms with van der Waals surface area (Å²) in [5.41, 5.74) is -0.0472. The molecule has 0 bridgehead atoms. The molecule has 150 valence electrons. The number of rotatable bonds is 5. The number of anilines is 4. The minimum absolute atomic E-state index is 0.0182. The van der Waals surface area contributed by atoms with Crippen LogP contribution in [0.5, 0.6) is 0 Å². The van der Waals surface area contributed by atoms with Crippen molar-refractivity contribution in [3.05, 3.63) is 76.5 Å². The third kappa shape index (κ3) is 4.26. The number of nitro benzene ring substituents is 1. The van der Waals surface area contributed by atoms with Crippen LogP contribution in [0.1, 0.15) is 5.56 Å². The summed E-state index contributed by atoms with van der Waals surface area (Å²) in [5, 5.41) is 10.8. The zero-order valence-electron chi connectivity index (χ0n) is 15.5. The Morgan fingerprint density at radius 3 is 2.07 bits per heavy atom. The second kappa shape index (κ2) is 7.74. The molecule has 3 rings (SSSR count). The number of alkyl halides is 3. The summed E-state index contributed by atoms with van der Waals surface area (Å²) in [6.07, 6.45) is -3.90. The van der Waals surface area contributed by atoms with Crippen LogP contribution >= 0.6 is 0 Å². The van der Waals surface area contributed by atoms with Gasteiger partial charge in [-0.05, 0) is 24.3 Å². The number of aromatic nitrogens is 2. The average molecular weight is 403 g/mol. The fraction of sp³-hybridized carbons (Fsp3) is 0.158. The van der Waals surface area contributed by atoms with Gasteiger partial charge in [0, 0.05) is 43.8 Å². The molecule has 7 nitrogen and oxygen atoms in total. The van der Waals surface area contributed by atoms with Crippen molar-refractivity contribution in [2.75, 3.05) is 23.9 Å². The highest BCUT2D eigenvalue weighted by Gasteiger charge is 2.37. The van der Waals surface area contributed by atoms with Crippen LogP contribution in [-0.2, 0) is 6.18 Å². The van der Waals surface area contributed by atoms with Crippen molar-refractivity contribution in [1.29, 1.82) is 0 Å². The summed E-state index contributed by atoms with van der Waals surface area (Å²) >= 11 is 0. The molecule has 0 spiro atoms. The van der Waals surface area contributed by atoms with Gasteiger partial charge < -0.3 is 9.80 Å². The van der Waals surface area contributed by atoms with Gasteiger partial charge in [0.05, 0.1) is 4.92 Å². The zero-order valence-corrected chi connectivity index (χ0v) is 15.5. The van der Waals surface area contributed by atoms with E-state index >= 15 is 0 Å². The minimum Gasteiger partial charge on any atom is -0.329 e. The van der Waals surface area contributed by atoms with Crippen LogP contribution in [0, 0.1) is 10.1 Å². The Kier molecular flexibility index (Phi) is 5.35. The van der Waals surface area contributed by atoms with Gasteiger partial charge in [-0.25, -0.2) is 4.98 Å². The van der Waals surface area contributed by atoms with Crippen LogP contribution in [0.15, 0.2) is 60.8 Å². The van der Waals surface area contributed by atoms with E-state index in [1.807, 2.05) is 0 Å². The van der Waals surface area contributed by atoms with E-state index in [1.165, 1.54) is 41.1 Å². The standard InChI is InChI=1S/C19H16F3N5O2/c1-25(13-6-4-3-5-7-13)17-16(19(20,21)22)12-23-18(24-17)26(2)14-8-10-15(11-9-14)27(28)29/h3-12H,1-2H3. The van der Waals surface area contributed by atoms with Crippen LogP contribution in [0.2, 0.25) is 0 Å². The topological polar surface area (TPSA) is 75.4 Å². The van der Waals surface area contributed by atoms with Crippen molar-refractivity contribution < 1.29 is 18.1 Å². The SMILES string of the molecule is CN(c1ccc([N+](=O)[O-])cc1)c1ncc(C(F)(F)F)c(N(C)c2ccccc2)n1. The molecule has 0 aliphatic carbocycles. The van der Waals surface area contributed by atoms with Gasteiger partial charge in [0.1, 0.15) is 5.56 Å². The van der Waals surface area contributed by atoms with Crippen molar-refractivity contribution in [1.82, 2.24) is 9.97 Å². The molecule has 0 N–H and O–H groups in total. The van der Waals surface area contributed by atoms with Gasteiger partial charge in [0.2, 0.25) is 5.95 Å². The van der Waals surface area contributed by atoms with E-state index in [9.17, 15) is 23.3 Å². The Hall–Kier alpha value is -3.69. The molecule has 0 radical (unpaired) electrons. The number of para-hydroxylation sites is 1. The van der Waals surface area contributed by atoms with Gasteiger partial charge in [0.25, 0.3) is 5.69 Å². The van der Waals surface area contributed by atoms with Gasteiger partial charge in [-0.2, -0.15) is 18.2 Å². The lowest BCUT2D eigenvalue weighted by atomic mass is 10.2. The normalized spacial score (nSPS) is 11.2. The van der Waals surface area contributed by atoms with Crippen molar-refractivity contribution in [2.24, 2.45) is 0 Å². The second-order valence-corrected chi connectivity index (χ2v) is 6.13. The molecule has 0 unspecified atom stereocenters. The number of nitrogens with zero attached hydrogens (tertiary/aromatic N) is 5. The molecular weight excluding hydrogens is 387 g/mol. The minimum atomic E-state index is -4.64. The molecule has 0 amide bonds. The molecule has 0 aliphatic rings. The van der Waals surface area contributed by atoms with E-state index in [2.05, 4.69) is 9.97 Å². The largest absolute Gasteiger partial charge is 0.421 e. The molecule has 0 saturated heterocycles. The van der Waals surface area contributed by atoms with Gasteiger partial charge in [0.15, 0.2) is 5.82 Å². The monoisotopic (exact) mass is 403 g/mol. The molecule has 0 fully saturated rings. The van der Waals surface area contributed by atoms with Gasteiger partial charge in [-0.1, -0.05) is 18.2 Å². The third-order valence-electron chi connectivity index (χ3n) is 4.27. The maximum atomic E-state index is 13.5. The zero-order chi connectivity index (χ0) is 21.2. The number of benzene rings is 2. The number of non-ortho nitro benzene ring substituents is 1. The van der Waals surface area contributed by atoms with E-state index < -0.39 is 16.7 Å². The molecule has 0 saturated carbocycles. The number of hydrogen-bond donors (Lipinski definition) is 0. The highest BCUT2D eigenvalue weighted by molar-refractivity contribution is 5.66. The summed E-state index contributed by atoms with van der Waals surface area (Å²) < 4.78 is 40.5. The Bertz CT molecular complexity index is 1010. The van der Waals surface area contributed by atoms with Crippen LogP contribution in [-0.4, -0.2) is 29.0 Å². The first-order chi connectivity index (χ1) is 13.7. The lowest BCUT2D eigenvalue weighted by Crippen LogP contribution is -2.21. The second-order valence-electron chi connectivity index (χ2n) is 6.13. The molecule has 10 heteroatoms. The van der Waals surface area contributed by atoms with Crippen molar-refractivity contribution in [3.63, 3.8) is 0 Å². The van der Waals surface area contributed by atoms with Crippen molar-refractivity contribution >= 4 is 28.8 Å². The molecule has 29 heavy (non-hydrogen) atoms. The fourth-order valence-electron chi connectivity index (χ4n) is 2.67. The number of hydrogen-bond acceptors (Lipinski definition) is 6. The molecule has 2 aromatic carbocycles. The average Bonchev–Trinajstić information content (AvgIpc) is 2.72. The summed E-state index contributed by atoms with van der Waals surface area (Å²) in [5.74, 6) is -0.285. The first-order valence-corrected chi connectivity index (χ1v) is 8.39. The maximum absolute atomic E-state index is 13.5. The summed E-state index contributed by atoms with van der Waals surface area (Å²) in [6.45, 7) is 0. The Labute approximate surface area is 164 Å². The Morgan fingerprint density at radius 2 is 1.52 bits per heavy atom. The van der Waals surface area contributed by atoms with Gasteiger partial charge >= 0.3 is 6.18 Å². The third-order valence-corrected chi connectivity index (χ3v) is 4.27. The Morgan fingerprint density at radius 1 is 0.931 bits per heavy atom. The Balaban J connectivity index is 2.03. The number of halogens is 3. The molecule has 0 aliphatic heterocycles.